The summed E-state index contributed by atoms with van der Waals surface area (Å²) in [5, 5.41) is 2.37. The van der Waals surface area contributed by atoms with Gasteiger partial charge in [-0.3, -0.25) is 4.79 Å². The minimum absolute atomic E-state index is 0.331. The van der Waals surface area contributed by atoms with Crippen LogP contribution in [0.4, 0.5) is 18.9 Å². The van der Waals surface area contributed by atoms with Crippen LogP contribution in [0.5, 0.6) is 0 Å². The second kappa shape index (κ2) is 6.28. The first-order valence-electron chi connectivity index (χ1n) is 7.53. The SMILES string of the molecule is C[C@@H](C(=O)Nc1ccc(F)c(F)c1F)[N+](C)(C)C1CCCC1. The van der Waals surface area contributed by atoms with E-state index < -0.39 is 29.4 Å². The second-order valence-electron chi connectivity index (χ2n) is 6.46. The molecule has 0 saturated heterocycles. The molecule has 0 spiro atoms. The van der Waals surface area contributed by atoms with Crippen LogP contribution in [-0.4, -0.2) is 36.6 Å². The number of anilines is 1. The van der Waals surface area contributed by atoms with E-state index in [4.69, 9.17) is 0 Å². The molecule has 1 aliphatic carbocycles. The van der Waals surface area contributed by atoms with Crippen LogP contribution >= 0.6 is 0 Å². The predicted molar refractivity (Wildman–Crippen MR) is 78.8 cm³/mol. The maximum atomic E-state index is 13.6. The van der Waals surface area contributed by atoms with Gasteiger partial charge in [0.25, 0.3) is 5.91 Å². The van der Waals surface area contributed by atoms with Crippen LogP contribution < -0.4 is 5.32 Å². The molecule has 1 aliphatic rings. The fourth-order valence-electron chi connectivity index (χ4n) is 3.05. The van der Waals surface area contributed by atoms with Gasteiger partial charge in [0.1, 0.15) is 0 Å². The summed E-state index contributed by atoms with van der Waals surface area (Å²) >= 11 is 0. The smallest absolute Gasteiger partial charge is 0.282 e. The molecule has 1 amide bonds. The molecule has 122 valence electrons. The molecule has 2 rings (SSSR count). The van der Waals surface area contributed by atoms with Gasteiger partial charge in [0.2, 0.25) is 0 Å². The van der Waals surface area contributed by atoms with Gasteiger partial charge in [-0.2, -0.15) is 0 Å². The number of nitrogens with one attached hydrogen (secondary N) is 1. The number of halogens is 3. The van der Waals surface area contributed by atoms with Crippen LogP contribution in [0.1, 0.15) is 32.6 Å². The molecular formula is C16H22F3N2O+. The van der Waals surface area contributed by atoms with Gasteiger partial charge in [-0.15, -0.1) is 0 Å². The van der Waals surface area contributed by atoms with Crippen molar-refractivity contribution in [2.45, 2.75) is 44.7 Å². The molecule has 0 unspecified atom stereocenters. The van der Waals surface area contributed by atoms with Crippen molar-refractivity contribution in [2.24, 2.45) is 0 Å². The number of rotatable bonds is 4. The third-order valence-electron chi connectivity index (χ3n) is 4.94. The number of nitrogens with zero attached hydrogens (tertiary/aromatic N) is 1. The lowest BCUT2D eigenvalue weighted by Crippen LogP contribution is -2.58. The number of benzene rings is 1. The van der Waals surface area contributed by atoms with E-state index in [1.54, 1.807) is 6.92 Å². The highest BCUT2D eigenvalue weighted by Gasteiger charge is 2.39. The fraction of sp³-hybridized carbons (Fsp3) is 0.562. The Morgan fingerprint density at radius 1 is 1.18 bits per heavy atom. The minimum Gasteiger partial charge on any atom is -0.318 e. The van der Waals surface area contributed by atoms with Crippen LogP contribution in [0, 0.1) is 17.5 Å². The Hall–Kier alpha value is -1.56. The Kier molecular flexibility index (Phi) is 4.80. The second-order valence-corrected chi connectivity index (χ2v) is 6.46. The molecule has 1 aromatic rings. The molecule has 1 atom stereocenters. The van der Waals surface area contributed by atoms with E-state index in [9.17, 15) is 18.0 Å². The van der Waals surface area contributed by atoms with E-state index in [1.165, 1.54) is 0 Å². The van der Waals surface area contributed by atoms with Gasteiger partial charge in [0, 0.05) is 0 Å². The Labute approximate surface area is 128 Å². The quantitative estimate of drug-likeness (QED) is 0.669. The zero-order valence-electron chi connectivity index (χ0n) is 13.1. The molecule has 0 heterocycles. The van der Waals surface area contributed by atoms with Crippen molar-refractivity contribution in [2.75, 3.05) is 19.4 Å². The van der Waals surface area contributed by atoms with Gasteiger partial charge in [-0.1, -0.05) is 0 Å². The van der Waals surface area contributed by atoms with E-state index in [2.05, 4.69) is 5.32 Å². The van der Waals surface area contributed by atoms with Gasteiger partial charge in [0.05, 0.1) is 25.8 Å². The highest BCUT2D eigenvalue weighted by molar-refractivity contribution is 5.93. The van der Waals surface area contributed by atoms with Gasteiger partial charge in [0.15, 0.2) is 23.5 Å². The summed E-state index contributed by atoms with van der Waals surface area (Å²) in [5.74, 6) is -4.62. The zero-order chi connectivity index (χ0) is 16.5. The van der Waals surface area contributed by atoms with E-state index in [1.807, 2.05) is 14.1 Å². The van der Waals surface area contributed by atoms with Crippen LogP contribution in [0.2, 0.25) is 0 Å². The average molecular weight is 315 g/mol. The summed E-state index contributed by atoms with van der Waals surface area (Å²) in [6.07, 6.45) is 4.42. The molecule has 22 heavy (non-hydrogen) atoms. The Morgan fingerprint density at radius 3 is 2.36 bits per heavy atom. The fourth-order valence-corrected chi connectivity index (χ4v) is 3.05. The first-order valence-corrected chi connectivity index (χ1v) is 7.53. The molecule has 0 radical (unpaired) electrons. The number of amides is 1. The average Bonchev–Trinajstić information content (AvgIpc) is 3.02. The van der Waals surface area contributed by atoms with Crippen molar-refractivity contribution in [3.8, 4) is 0 Å². The summed E-state index contributed by atoms with van der Waals surface area (Å²) < 4.78 is 40.3. The standard InChI is InChI=1S/C16H21F3N2O/c1-10(21(2,3)11-6-4-5-7-11)16(22)20-13-9-8-12(17)14(18)15(13)19/h8-11H,4-7H2,1-3H3/p+1/t10-/m0/s1. The highest BCUT2D eigenvalue weighted by Crippen LogP contribution is 2.29. The van der Waals surface area contributed by atoms with Crippen molar-refractivity contribution < 1.29 is 22.4 Å². The lowest BCUT2D eigenvalue weighted by atomic mass is 10.1. The first-order chi connectivity index (χ1) is 10.2. The Bertz CT molecular complexity index is 569. The lowest BCUT2D eigenvalue weighted by Gasteiger charge is -2.40. The number of likely N-dealkylation sites (N-methyl/N-ethyl adjacent to an activating group) is 1. The van der Waals surface area contributed by atoms with E-state index in [0.717, 1.165) is 37.8 Å². The molecule has 1 aromatic carbocycles. The van der Waals surface area contributed by atoms with Crippen molar-refractivity contribution in [3.05, 3.63) is 29.6 Å². The Morgan fingerprint density at radius 2 is 1.77 bits per heavy atom. The van der Waals surface area contributed by atoms with Gasteiger partial charge >= 0.3 is 0 Å². The molecule has 1 fully saturated rings. The monoisotopic (exact) mass is 315 g/mol. The number of hydrogen-bond acceptors (Lipinski definition) is 1. The molecule has 1 N–H and O–H groups in total. The van der Waals surface area contributed by atoms with Crippen molar-refractivity contribution in [1.82, 2.24) is 0 Å². The third-order valence-corrected chi connectivity index (χ3v) is 4.94. The molecule has 0 aliphatic heterocycles. The molecule has 1 saturated carbocycles. The number of carbonyl (C=O) groups is 1. The highest BCUT2D eigenvalue weighted by atomic mass is 19.2. The maximum Gasteiger partial charge on any atom is 0.282 e. The summed E-state index contributed by atoms with van der Waals surface area (Å²) in [5.41, 5.74) is -0.331. The van der Waals surface area contributed by atoms with E-state index in [0.29, 0.717) is 10.5 Å². The minimum atomic E-state index is -1.57. The van der Waals surface area contributed by atoms with Crippen LogP contribution in [-0.2, 0) is 4.79 Å². The maximum absolute atomic E-state index is 13.6. The van der Waals surface area contributed by atoms with E-state index in [-0.39, 0.29) is 5.69 Å². The topological polar surface area (TPSA) is 29.1 Å². The predicted octanol–water partition coefficient (Wildman–Crippen LogP) is 3.45. The van der Waals surface area contributed by atoms with Crippen molar-refractivity contribution in [1.29, 1.82) is 0 Å². The van der Waals surface area contributed by atoms with Crippen LogP contribution in [0.3, 0.4) is 0 Å². The number of carbonyl (C=O) groups excluding carboxylic acids is 1. The summed E-state index contributed by atoms with van der Waals surface area (Å²) in [4.78, 5) is 12.4. The first kappa shape index (κ1) is 16.8. The number of quaternary nitrogens is 1. The van der Waals surface area contributed by atoms with Crippen LogP contribution in [0.25, 0.3) is 0 Å². The van der Waals surface area contributed by atoms with Gasteiger partial charge < -0.3 is 9.80 Å². The molecule has 0 bridgehead atoms. The number of hydrogen-bond donors (Lipinski definition) is 1. The molecule has 3 nitrogen and oxygen atoms in total. The summed E-state index contributed by atoms with van der Waals surface area (Å²) in [6.45, 7) is 1.77. The summed E-state index contributed by atoms with van der Waals surface area (Å²) in [7, 11) is 3.95. The summed E-state index contributed by atoms with van der Waals surface area (Å²) in [6, 6.07) is 1.80. The van der Waals surface area contributed by atoms with Crippen molar-refractivity contribution >= 4 is 11.6 Å². The normalized spacial score (nSPS) is 17.5. The molecular weight excluding hydrogens is 293 g/mol. The molecule has 6 heteroatoms. The zero-order valence-corrected chi connectivity index (χ0v) is 13.1. The van der Waals surface area contributed by atoms with E-state index >= 15 is 0 Å². The van der Waals surface area contributed by atoms with Gasteiger partial charge in [-0.25, -0.2) is 13.2 Å². The lowest BCUT2D eigenvalue weighted by molar-refractivity contribution is -0.927. The Balaban J connectivity index is 2.13. The molecule has 0 aromatic heterocycles. The van der Waals surface area contributed by atoms with Gasteiger partial charge in [-0.05, 0) is 44.7 Å². The van der Waals surface area contributed by atoms with Crippen molar-refractivity contribution in [3.63, 3.8) is 0 Å². The largest absolute Gasteiger partial charge is 0.318 e. The third kappa shape index (κ3) is 3.11. The van der Waals surface area contributed by atoms with Crippen LogP contribution in [0.15, 0.2) is 12.1 Å².